The van der Waals surface area contributed by atoms with E-state index in [4.69, 9.17) is 0 Å². The Morgan fingerprint density at radius 1 is 1.12 bits per heavy atom. The van der Waals surface area contributed by atoms with Gasteiger partial charge in [-0.1, -0.05) is 19.0 Å². The second-order valence-corrected chi connectivity index (χ2v) is 6.87. The van der Waals surface area contributed by atoms with Crippen LogP contribution in [0.2, 0.25) is 0 Å². The lowest BCUT2D eigenvalue weighted by Crippen LogP contribution is -2.31. The Morgan fingerprint density at radius 3 is 2.38 bits per heavy atom. The van der Waals surface area contributed by atoms with Gasteiger partial charge in [0.25, 0.3) is 0 Å². The maximum atomic E-state index is 4.32. The summed E-state index contributed by atoms with van der Waals surface area (Å²) in [4.78, 5) is 0. The molecule has 1 aromatic carbocycles. The number of aryl methyl sites for hydroxylation is 2. The van der Waals surface area contributed by atoms with E-state index in [1.807, 2.05) is 47.8 Å². The second kappa shape index (κ2) is 10.1. The molecule has 0 fully saturated rings. The highest BCUT2D eigenvalue weighted by Crippen LogP contribution is 2.19. The van der Waals surface area contributed by atoms with E-state index < -0.39 is 0 Å². The van der Waals surface area contributed by atoms with E-state index in [9.17, 15) is 0 Å². The zero-order valence-electron chi connectivity index (χ0n) is 16.7. The zero-order chi connectivity index (χ0) is 18.9. The largest absolute Gasteiger partial charge is 0.421 e. The van der Waals surface area contributed by atoms with E-state index in [1.54, 1.807) is 0 Å². The molecular formula is C20H33N6+. The van der Waals surface area contributed by atoms with Crippen molar-refractivity contribution in [1.29, 1.82) is 0 Å². The Balaban J connectivity index is 1.83. The van der Waals surface area contributed by atoms with Gasteiger partial charge < -0.3 is 10.6 Å². The maximum Gasteiger partial charge on any atom is 0.421 e. The quantitative estimate of drug-likeness (QED) is 0.494. The summed E-state index contributed by atoms with van der Waals surface area (Å²) in [5, 5.41) is 15.8. The summed E-state index contributed by atoms with van der Waals surface area (Å²) in [6.07, 6.45) is 7.40. The van der Waals surface area contributed by atoms with Gasteiger partial charge in [0, 0.05) is 22.9 Å². The molecule has 1 atom stereocenters. The predicted molar refractivity (Wildman–Crippen MR) is 107 cm³/mol. The lowest BCUT2D eigenvalue weighted by molar-refractivity contribution is -0.657. The van der Waals surface area contributed by atoms with Crippen LogP contribution in [0.5, 0.6) is 0 Å². The third-order valence-corrected chi connectivity index (χ3v) is 4.68. The molecule has 26 heavy (non-hydrogen) atoms. The van der Waals surface area contributed by atoms with Crippen molar-refractivity contribution in [3.8, 4) is 0 Å². The summed E-state index contributed by atoms with van der Waals surface area (Å²) in [6.45, 7) is 7.73. The van der Waals surface area contributed by atoms with Crippen LogP contribution in [0.25, 0.3) is 0 Å². The Labute approximate surface area is 157 Å². The molecule has 0 amide bonds. The minimum atomic E-state index is 0.423. The first-order valence-electron chi connectivity index (χ1n) is 9.56. The third-order valence-electron chi connectivity index (χ3n) is 4.68. The van der Waals surface area contributed by atoms with Crippen molar-refractivity contribution < 1.29 is 4.57 Å². The zero-order valence-corrected chi connectivity index (χ0v) is 16.7. The number of nitrogens with one attached hydrogen (secondary N) is 2. The van der Waals surface area contributed by atoms with Gasteiger partial charge in [-0.05, 0) is 57.0 Å². The summed E-state index contributed by atoms with van der Waals surface area (Å²) in [5.74, 6) is 0.811. The van der Waals surface area contributed by atoms with Crippen molar-refractivity contribution in [3.63, 3.8) is 0 Å². The topological polar surface area (TPSA) is 57.6 Å². The molecule has 1 unspecified atom stereocenters. The second-order valence-electron chi connectivity index (χ2n) is 6.87. The highest BCUT2D eigenvalue weighted by molar-refractivity contribution is 5.51. The molecule has 1 aromatic heterocycles. The standard InChI is InChI=1S/C20H32N6/c1-6-17(7-2)21-13-12-16(3)22-18-8-10-19(11-9-18)23-24-20-25(4)14-15-26(20)5/h8-11,14-17,21H,6-7,12-13H2,1-5H3/p+1. The van der Waals surface area contributed by atoms with Crippen LogP contribution in [0.3, 0.4) is 0 Å². The molecule has 2 rings (SSSR count). The van der Waals surface area contributed by atoms with E-state index in [0.717, 1.165) is 30.3 Å². The van der Waals surface area contributed by atoms with Crippen LogP contribution in [0.1, 0.15) is 40.0 Å². The number of hydrogen-bond donors (Lipinski definition) is 2. The molecule has 0 bridgehead atoms. The molecule has 0 saturated heterocycles. The normalized spacial score (nSPS) is 12.8. The van der Waals surface area contributed by atoms with Gasteiger partial charge in [-0.25, -0.2) is 9.13 Å². The van der Waals surface area contributed by atoms with Crippen molar-refractivity contribution in [1.82, 2.24) is 9.88 Å². The fourth-order valence-electron chi connectivity index (χ4n) is 2.89. The average molecular weight is 358 g/mol. The smallest absolute Gasteiger partial charge is 0.383 e. The maximum absolute atomic E-state index is 4.32. The molecule has 0 saturated carbocycles. The summed E-state index contributed by atoms with van der Waals surface area (Å²) >= 11 is 0. The monoisotopic (exact) mass is 357 g/mol. The van der Waals surface area contributed by atoms with Crippen molar-refractivity contribution in [2.45, 2.75) is 52.1 Å². The minimum Gasteiger partial charge on any atom is -0.383 e. The molecule has 0 spiro atoms. The minimum absolute atomic E-state index is 0.423. The van der Waals surface area contributed by atoms with Crippen molar-refractivity contribution in [2.24, 2.45) is 24.3 Å². The molecule has 6 nitrogen and oxygen atoms in total. The number of azo groups is 1. The first-order valence-corrected chi connectivity index (χ1v) is 9.56. The van der Waals surface area contributed by atoms with Gasteiger partial charge in [0.15, 0.2) is 0 Å². The average Bonchev–Trinajstić information content (AvgIpc) is 2.96. The fourth-order valence-corrected chi connectivity index (χ4v) is 2.89. The van der Waals surface area contributed by atoms with Gasteiger partial charge in [-0.3, -0.25) is 0 Å². The van der Waals surface area contributed by atoms with Gasteiger partial charge in [0.2, 0.25) is 0 Å². The lowest BCUT2D eigenvalue weighted by Gasteiger charge is -2.18. The van der Waals surface area contributed by atoms with E-state index in [0.29, 0.717) is 12.1 Å². The van der Waals surface area contributed by atoms with Crippen LogP contribution in [-0.2, 0) is 14.1 Å². The fraction of sp³-hybridized carbons (Fsp3) is 0.550. The highest BCUT2D eigenvalue weighted by atomic mass is 15.3. The van der Waals surface area contributed by atoms with Gasteiger partial charge in [-0.2, -0.15) is 0 Å². The van der Waals surface area contributed by atoms with Crippen LogP contribution in [0.4, 0.5) is 17.3 Å². The van der Waals surface area contributed by atoms with Gasteiger partial charge in [-0.15, -0.1) is 0 Å². The first kappa shape index (κ1) is 20.1. The number of imidazole rings is 1. The van der Waals surface area contributed by atoms with Crippen molar-refractivity contribution in [3.05, 3.63) is 36.7 Å². The van der Waals surface area contributed by atoms with E-state index in [-0.39, 0.29) is 0 Å². The molecule has 0 aliphatic rings. The van der Waals surface area contributed by atoms with Crippen LogP contribution in [0, 0.1) is 0 Å². The molecule has 0 aliphatic carbocycles. The third kappa shape index (κ3) is 5.95. The summed E-state index contributed by atoms with van der Waals surface area (Å²) < 4.78 is 3.88. The Morgan fingerprint density at radius 2 is 1.81 bits per heavy atom. The first-order chi connectivity index (χ1) is 12.5. The number of rotatable bonds is 10. The predicted octanol–water partition coefficient (Wildman–Crippen LogP) is 4.23. The molecule has 0 aliphatic heterocycles. The van der Waals surface area contributed by atoms with Crippen molar-refractivity contribution in [2.75, 3.05) is 11.9 Å². The lowest BCUT2D eigenvalue weighted by atomic mass is 10.1. The molecule has 0 radical (unpaired) electrons. The molecule has 2 aromatic rings. The van der Waals surface area contributed by atoms with Gasteiger partial charge in [0.1, 0.15) is 5.69 Å². The van der Waals surface area contributed by atoms with Crippen LogP contribution in [0.15, 0.2) is 46.9 Å². The van der Waals surface area contributed by atoms with Crippen LogP contribution in [-0.4, -0.2) is 23.2 Å². The number of hydrogen-bond acceptors (Lipinski definition) is 4. The van der Waals surface area contributed by atoms with E-state index in [2.05, 4.69) is 53.8 Å². The number of anilines is 1. The van der Waals surface area contributed by atoms with Crippen LogP contribution < -0.4 is 15.2 Å². The molecule has 6 heteroatoms. The van der Waals surface area contributed by atoms with Gasteiger partial charge >= 0.3 is 5.95 Å². The number of nitrogens with zero attached hydrogens (tertiary/aromatic N) is 4. The van der Waals surface area contributed by atoms with E-state index >= 15 is 0 Å². The molecule has 2 N–H and O–H groups in total. The SMILES string of the molecule is CCC(CC)NCCC(C)Nc1ccc(N=Nc2n(C)cc[n+]2C)cc1. The molecular weight excluding hydrogens is 324 g/mol. The highest BCUT2D eigenvalue weighted by Gasteiger charge is 2.10. The summed E-state index contributed by atoms with van der Waals surface area (Å²) in [5.41, 5.74) is 1.96. The van der Waals surface area contributed by atoms with Crippen LogP contribution >= 0.6 is 0 Å². The number of benzene rings is 1. The number of aromatic nitrogens is 2. The van der Waals surface area contributed by atoms with E-state index in [1.165, 1.54) is 12.8 Å². The molecule has 142 valence electrons. The Kier molecular flexibility index (Phi) is 7.78. The summed E-state index contributed by atoms with van der Waals surface area (Å²) in [6, 6.07) is 9.16. The van der Waals surface area contributed by atoms with Gasteiger partial charge in [0.05, 0.1) is 26.5 Å². The Hall–Kier alpha value is -2.21. The molecule has 1 heterocycles. The van der Waals surface area contributed by atoms with Crippen molar-refractivity contribution >= 4 is 17.3 Å². The summed E-state index contributed by atoms with van der Waals surface area (Å²) in [7, 11) is 3.92. The Bertz CT molecular complexity index is 665.